The third kappa shape index (κ3) is 6.38. The number of benzene rings is 1. The molecule has 0 spiro atoms. The highest BCUT2D eigenvalue weighted by molar-refractivity contribution is 5.94. The molecular weight excluding hydrogens is 418 g/mol. The number of rotatable bonds is 7. The molecule has 0 unspecified atom stereocenters. The van der Waals surface area contributed by atoms with E-state index in [9.17, 15) is 9.59 Å². The van der Waals surface area contributed by atoms with Crippen LogP contribution < -0.4 is 10.2 Å². The molecule has 182 valence electrons. The molecule has 33 heavy (non-hydrogen) atoms. The molecule has 0 atom stereocenters. The lowest BCUT2D eigenvalue weighted by Gasteiger charge is -2.35. The summed E-state index contributed by atoms with van der Waals surface area (Å²) in [6.45, 7) is 11.2. The average Bonchev–Trinajstić information content (AvgIpc) is 3.38. The van der Waals surface area contributed by atoms with Crippen molar-refractivity contribution in [1.29, 1.82) is 0 Å². The first kappa shape index (κ1) is 23.8. The maximum absolute atomic E-state index is 12.9. The monoisotopic (exact) mass is 457 g/mol. The molecule has 3 aliphatic rings. The average molecular weight is 458 g/mol. The number of likely N-dealkylation sites (tertiary alicyclic amines) is 1. The van der Waals surface area contributed by atoms with Crippen molar-refractivity contribution < 1.29 is 14.3 Å². The van der Waals surface area contributed by atoms with Gasteiger partial charge in [0.25, 0.3) is 5.91 Å². The third-order valence-corrected chi connectivity index (χ3v) is 7.13. The molecule has 0 aliphatic carbocycles. The molecule has 3 fully saturated rings. The summed E-state index contributed by atoms with van der Waals surface area (Å²) in [4.78, 5) is 33.2. The Hall–Kier alpha value is -2.32. The lowest BCUT2D eigenvalue weighted by molar-refractivity contribution is 0.0570. The van der Waals surface area contributed by atoms with Crippen molar-refractivity contribution in [2.75, 3.05) is 77.0 Å². The molecule has 0 saturated carbocycles. The van der Waals surface area contributed by atoms with Crippen molar-refractivity contribution in [3.05, 3.63) is 29.8 Å². The van der Waals surface area contributed by atoms with Gasteiger partial charge in [-0.25, -0.2) is 4.79 Å². The van der Waals surface area contributed by atoms with Gasteiger partial charge in [0.05, 0.1) is 6.61 Å². The molecule has 8 heteroatoms. The summed E-state index contributed by atoms with van der Waals surface area (Å²) in [6.07, 6.45) is 4.74. The Morgan fingerprint density at radius 2 is 1.55 bits per heavy atom. The molecule has 0 radical (unpaired) electrons. The van der Waals surface area contributed by atoms with E-state index >= 15 is 0 Å². The summed E-state index contributed by atoms with van der Waals surface area (Å²) in [6, 6.07) is 8.64. The smallest absolute Gasteiger partial charge is 0.409 e. The van der Waals surface area contributed by atoms with Crippen molar-refractivity contribution in [3.8, 4) is 0 Å². The van der Waals surface area contributed by atoms with Crippen LogP contribution in [0, 0.1) is 0 Å². The van der Waals surface area contributed by atoms with Crippen molar-refractivity contribution in [3.63, 3.8) is 0 Å². The molecule has 3 aliphatic heterocycles. The highest BCUT2D eigenvalue weighted by atomic mass is 16.6. The van der Waals surface area contributed by atoms with Crippen molar-refractivity contribution in [2.24, 2.45) is 0 Å². The third-order valence-electron chi connectivity index (χ3n) is 7.13. The molecule has 2 amide bonds. The minimum atomic E-state index is -0.292. The highest BCUT2D eigenvalue weighted by Crippen LogP contribution is 2.21. The maximum Gasteiger partial charge on any atom is 0.409 e. The number of nitrogens with one attached hydrogen (secondary N) is 1. The van der Waals surface area contributed by atoms with Gasteiger partial charge in [-0.05, 0) is 70.0 Å². The van der Waals surface area contributed by atoms with E-state index in [1.165, 1.54) is 38.2 Å². The van der Waals surface area contributed by atoms with Crippen LogP contribution in [0.1, 0.15) is 43.0 Å². The van der Waals surface area contributed by atoms with Crippen LogP contribution in [-0.2, 0) is 4.74 Å². The van der Waals surface area contributed by atoms with Gasteiger partial charge in [0.2, 0.25) is 0 Å². The van der Waals surface area contributed by atoms with E-state index in [0.29, 0.717) is 44.4 Å². The van der Waals surface area contributed by atoms with E-state index in [1.807, 2.05) is 17.0 Å². The van der Waals surface area contributed by atoms with Gasteiger partial charge in [-0.2, -0.15) is 0 Å². The van der Waals surface area contributed by atoms with Gasteiger partial charge >= 0.3 is 6.09 Å². The molecule has 1 N–H and O–H groups in total. The van der Waals surface area contributed by atoms with Gasteiger partial charge in [-0.15, -0.1) is 0 Å². The van der Waals surface area contributed by atoms with Crippen molar-refractivity contribution in [1.82, 2.24) is 20.0 Å². The summed E-state index contributed by atoms with van der Waals surface area (Å²) in [5.41, 5.74) is 1.90. The van der Waals surface area contributed by atoms with Crippen LogP contribution in [0.5, 0.6) is 0 Å². The maximum atomic E-state index is 12.9. The number of ether oxygens (including phenoxy) is 1. The van der Waals surface area contributed by atoms with Gasteiger partial charge in [-0.3, -0.25) is 4.79 Å². The largest absolute Gasteiger partial charge is 0.450 e. The highest BCUT2D eigenvalue weighted by Gasteiger charge is 2.26. The summed E-state index contributed by atoms with van der Waals surface area (Å²) in [5.74, 6) is 0.0333. The second-order valence-electron chi connectivity index (χ2n) is 9.29. The first-order valence-electron chi connectivity index (χ1n) is 12.7. The molecule has 1 aromatic carbocycles. The number of piperidine rings is 1. The van der Waals surface area contributed by atoms with E-state index < -0.39 is 0 Å². The molecule has 3 heterocycles. The van der Waals surface area contributed by atoms with Crippen LogP contribution >= 0.6 is 0 Å². The van der Waals surface area contributed by atoms with Crippen molar-refractivity contribution in [2.45, 2.75) is 38.6 Å². The van der Waals surface area contributed by atoms with Gasteiger partial charge in [0.1, 0.15) is 0 Å². The number of carbonyl (C=O) groups is 2. The first-order chi connectivity index (χ1) is 16.1. The van der Waals surface area contributed by atoms with Crippen LogP contribution in [0.3, 0.4) is 0 Å². The molecule has 1 aromatic rings. The Bertz CT molecular complexity index is 765. The van der Waals surface area contributed by atoms with Crippen molar-refractivity contribution >= 4 is 17.7 Å². The zero-order valence-electron chi connectivity index (χ0n) is 20.0. The lowest BCUT2D eigenvalue weighted by Crippen LogP contribution is -2.50. The lowest BCUT2D eigenvalue weighted by atomic mass is 10.0. The minimum absolute atomic E-state index is 0.0333. The van der Waals surface area contributed by atoms with E-state index in [4.69, 9.17) is 4.74 Å². The van der Waals surface area contributed by atoms with Gasteiger partial charge in [-0.1, -0.05) is 0 Å². The summed E-state index contributed by atoms with van der Waals surface area (Å²) < 4.78 is 5.05. The number of amides is 2. The number of carbonyl (C=O) groups excluding carboxylic acids is 2. The van der Waals surface area contributed by atoms with Crippen LogP contribution in [0.2, 0.25) is 0 Å². The Morgan fingerprint density at radius 3 is 2.18 bits per heavy atom. The van der Waals surface area contributed by atoms with E-state index in [0.717, 1.165) is 32.5 Å². The zero-order valence-corrected chi connectivity index (χ0v) is 20.0. The number of hydrogen-bond donors (Lipinski definition) is 1. The number of nitrogens with zero attached hydrogens (tertiary/aromatic N) is 4. The zero-order chi connectivity index (χ0) is 23.0. The van der Waals surface area contributed by atoms with E-state index in [2.05, 4.69) is 27.2 Å². The predicted octanol–water partition coefficient (Wildman–Crippen LogP) is 2.26. The van der Waals surface area contributed by atoms with Crippen LogP contribution in [0.4, 0.5) is 10.5 Å². The number of piperazine rings is 1. The topological polar surface area (TPSA) is 68.4 Å². The predicted molar refractivity (Wildman–Crippen MR) is 130 cm³/mol. The van der Waals surface area contributed by atoms with Crippen LogP contribution in [-0.4, -0.2) is 105 Å². The van der Waals surface area contributed by atoms with E-state index in [-0.39, 0.29) is 12.0 Å². The molecule has 0 bridgehead atoms. The second kappa shape index (κ2) is 11.7. The van der Waals surface area contributed by atoms with Crippen LogP contribution in [0.15, 0.2) is 24.3 Å². The van der Waals surface area contributed by atoms with Crippen LogP contribution in [0.25, 0.3) is 0 Å². The van der Waals surface area contributed by atoms with Gasteiger partial charge in [0.15, 0.2) is 0 Å². The number of anilines is 1. The summed E-state index contributed by atoms with van der Waals surface area (Å²) in [5, 5.41) is 3.75. The standard InChI is InChI=1S/C25H39N5O3/c1-2-33-25(32)30-19-17-29(18-20-30)24(31)21-5-7-23(8-6-21)28-14-9-22(10-15-28)26-11-16-27-12-3-4-13-27/h5-8,22,26H,2-4,9-20H2,1H3. The van der Waals surface area contributed by atoms with E-state index in [1.54, 1.807) is 11.8 Å². The quantitative estimate of drug-likeness (QED) is 0.678. The Balaban J connectivity index is 1.19. The van der Waals surface area contributed by atoms with Gasteiger partial charge in [0, 0.05) is 69.7 Å². The fraction of sp³-hybridized carbons (Fsp3) is 0.680. The Kier molecular flexibility index (Phi) is 8.45. The van der Waals surface area contributed by atoms with Gasteiger partial charge < -0.3 is 29.7 Å². The molecule has 3 saturated heterocycles. The molecule has 0 aromatic heterocycles. The summed E-state index contributed by atoms with van der Waals surface area (Å²) in [7, 11) is 0. The summed E-state index contributed by atoms with van der Waals surface area (Å²) >= 11 is 0. The molecular formula is C25H39N5O3. The second-order valence-corrected chi connectivity index (χ2v) is 9.29. The SMILES string of the molecule is CCOC(=O)N1CCN(C(=O)c2ccc(N3CCC(NCCN4CCCC4)CC3)cc2)CC1. The Morgan fingerprint density at radius 1 is 0.909 bits per heavy atom. The minimum Gasteiger partial charge on any atom is -0.450 e. The number of hydrogen-bond acceptors (Lipinski definition) is 6. The molecule has 8 nitrogen and oxygen atoms in total. The molecule has 4 rings (SSSR count). The fourth-order valence-corrected chi connectivity index (χ4v) is 5.08. The fourth-order valence-electron chi connectivity index (χ4n) is 5.08. The Labute approximate surface area is 197 Å². The normalized spacial score (nSPS) is 20.3. The first-order valence-corrected chi connectivity index (χ1v) is 12.7.